The molecule has 0 saturated heterocycles. The lowest BCUT2D eigenvalue weighted by Crippen LogP contribution is -2.21. The average Bonchev–Trinajstić information content (AvgIpc) is 3.01. The molecular formula is C22H25N3O2. The topological polar surface area (TPSA) is 45.1 Å². The Morgan fingerprint density at radius 2 is 1.67 bits per heavy atom. The molecule has 1 heterocycles. The number of ether oxygens (including phenoxy) is 1. The maximum atomic E-state index is 12.9. The summed E-state index contributed by atoms with van der Waals surface area (Å²) in [6, 6.07) is 17.6. The third-order valence-corrected chi connectivity index (χ3v) is 4.46. The minimum Gasteiger partial charge on any atom is -0.476 e. The van der Waals surface area contributed by atoms with Gasteiger partial charge in [0.25, 0.3) is 5.91 Å². The van der Waals surface area contributed by atoms with Crippen molar-refractivity contribution in [3.05, 3.63) is 65.7 Å². The van der Waals surface area contributed by atoms with Gasteiger partial charge in [-0.3, -0.25) is 4.79 Å². The van der Waals surface area contributed by atoms with Gasteiger partial charge >= 0.3 is 0 Å². The lowest BCUT2D eigenvalue weighted by Gasteiger charge is -2.20. The lowest BCUT2D eigenvalue weighted by molar-refractivity contribution is -0.114. The van der Waals surface area contributed by atoms with Crippen molar-refractivity contribution in [2.75, 3.05) is 29.6 Å². The number of carbonyl (C=O) groups is 1. The zero-order valence-corrected chi connectivity index (χ0v) is 16.1. The van der Waals surface area contributed by atoms with Gasteiger partial charge in [-0.15, -0.1) is 5.10 Å². The Morgan fingerprint density at radius 1 is 1.00 bits per heavy atom. The van der Waals surface area contributed by atoms with Gasteiger partial charge in [0.2, 0.25) is 5.90 Å². The minimum absolute atomic E-state index is 0.183. The Kier molecular flexibility index (Phi) is 5.91. The second-order valence-electron chi connectivity index (χ2n) is 6.11. The fourth-order valence-corrected chi connectivity index (χ4v) is 3.04. The van der Waals surface area contributed by atoms with E-state index < -0.39 is 0 Å². The maximum absolute atomic E-state index is 12.9. The van der Waals surface area contributed by atoms with Crippen molar-refractivity contribution >= 4 is 29.3 Å². The predicted molar refractivity (Wildman–Crippen MR) is 111 cm³/mol. The summed E-state index contributed by atoms with van der Waals surface area (Å²) in [5.41, 5.74) is 3.30. The number of nitrogens with zero attached hydrogens (tertiary/aromatic N) is 3. The Bertz CT molecular complexity index is 838. The molecule has 27 heavy (non-hydrogen) atoms. The van der Waals surface area contributed by atoms with Crippen molar-refractivity contribution in [3.8, 4) is 0 Å². The zero-order chi connectivity index (χ0) is 19.2. The number of rotatable bonds is 6. The van der Waals surface area contributed by atoms with Gasteiger partial charge in [0.1, 0.15) is 5.57 Å². The predicted octanol–water partition coefficient (Wildman–Crippen LogP) is 4.31. The van der Waals surface area contributed by atoms with Gasteiger partial charge in [-0.2, -0.15) is 5.01 Å². The van der Waals surface area contributed by atoms with E-state index in [1.165, 1.54) is 10.7 Å². The van der Waals surface area contributed by atoms with Crippen molar-refractivity contribution in [2.24, 2.45) is 5.10 Å². The fraction of sp³-hybridized carbons (Fsp3) is 0.273. The Balaban J connectivity index is 1.90. The quantitative estimate of drug-likeness (QED) is 0.718. The van der Waals surface area contributed by atoms with E-state index in [9.17, 15) is 4.79 Å². The summed E-state index contributed by atoms with van der Waals surface area (Å²) in [5.74, 6) is 0.177. The molecule has 0 aliphatic carbocycles. The maximum Gasteiger partial charge on any atom is 0.284 e. The van der Waals surface area contributed by atoms with Gasteiger partial charge in [-0.05, 0) is 56.7 Å². The number of carbonyl (C=O) groups excluding carboxylic acids is 1. The average molecular weight is 363 g/mol. The molecule has 0 bridgehead atoms. The second-order valence-corrected chi connectivity index (χ2v) is 6.11. The van der Waals surface area contributed by atoms with Crippen LogP contribution >= 0.6 is 0 Å². The van der Waals surface area contributed by atoms with Crippen LogP contribution < -0.4 is 9.91 Å². The van der Waals surface area contributed by atoms with Crippen LogP contribution in [0.2, 0.25) is 0 Å². The summed E-state index contributed by atoms with van der Waals surface area (Å²) in [6.45, 7) is 8.53. The number of hydrogen-bond donors (Lipinski definition) is 0. The molecule has 5 nitrogen and oxygen atoms in total. The lowest BCUT2D eigenvalue weighted by atomic mass is 10.1. The normalized spacial score (nSPS) is 15.2. The number of anilines is 2. The summed E-state index contributed by atoms with van der Waals surface area (Å²) in [7, 11) is 0. The standard InChI is InChI=1S/C22H25N3O2/c1-4-24(5-2)18-14-12-17(13-15-18)16-20-21(27-6-3)23-25(22(20)26)19-10-8-7-9-11-19/h7-16H,4-6H2,1-3H3. The van der Waals surface area contributed by atoms with Crippen LogP contribution in [0.5, 0.6) is 0 Å². The Hall–Kier alpha value is -3.08. The first-order chi connectivity index (χ1) is 13.2. The number of hydrazone groups is 1. The molecule has 5 heteroatoms. The van der Waals surface area contributed by atoms with Crippen LogP contribution in [-0.4, -0.2) is 31.5 Å². The first-order valence-electron chi connectivity index (χ1n) is 9.35. The van der Waals surface area contributed by atoms with E-state index in [0.717, 1.165) is 24.3 Å². The SMILES string of the molecule is CCOC1=NN(c2ccccc2)C(=O)C1=Cc1ccc(N(CC)CC)cc1. The van der Waals surface area contributed by atoms with Crippen LogP contribution in [0.25, 0.3) is 6.08 Å². The smallest absolute Gasteiger partial charge is 0.284 e. The molecule has 1 aliphatic rings. The molecule has 2 aromatic rings. The molecule has 1 amide bonds. The van der Waals surface area contributed by atoms with Crippen LogP contribution in [0.15, 0.2) is 65.3 Å². The van der Waals surface area contributed by atoms with Crippen molar-refractivity contribution in [1.82, 2.24) is 0 Å². The minimum atomic E-state index is -0.183. The van der Waals surface area contributed by atoms with Crippen LogP contribution in [-0.2, 0) is 9.53 Å². The highest BCUT2D eigenvalue weighted by atomic mass is 16.5. The second kappa shape index (κ2) is 8.54. The van der Waals surface area contributed by atoms with Crippen molar-refractivity contribution in [3.63, 3.8) is 0 Å². The van der Waals surface area contributed by atoms with Gasteiger partial charge in [-0.25, -0.2) is 0 Å². The number of hydrogen-bond acceptors (Lipinski definition) is 4. The largest absolute Gasteiger partial charge is 0.476 e. The van der Waals surface area contributed by atoms with E-state index in [1.807, 2.05) is 55.5 Å². The molecule has 0 saturated carbocycles. The monoisotopic (exact) mass is 363 g/mol. The highest BCUT2D eigenvalue weighted by Gasteiger charge is 2.32. The molecule has 0 N–H and O–H groups in total. The molecule has 0 aromatic heterocycles. The summed E-state index contributed by atoms with van der Waals surface area (Å²) < 4.78 is 5.62. The van der Waals surface area contributed by atoms with Gasteiger partial charge in [-0.1, -0.05) is 30.3 Å². The van der Waals surface area contributed by atoms with Crippen molar-refractivity contribution in [2.45, 2.75) is 20.8 Å². The molecule has 1 aliphatic heterocycles. The molecule has 0 spiro atoms. The van der Waals surface area contributed by atoms with E-state index in [2.05, 4.69) is 36.0 Å². The van der Waals surface area contributed by atoms with E-state index in [1.54, 1.807) is 0 Å². The Morgan fingerprint density at radius 3 is 2.26 bits per heavy atom. The Labute approximate surface area is 160 Å². The number of para-hydroxylation sites is 1. The molecule has 0 atom stereocenters. The highest BCUT2D eigenvalue weighted by molar-refractivity contribution is 6.30. The number of amides is 1. The first-order valence-corrected chi connectivity index (χ1v) is 9.35. The van der Waals surface area contributed by atoms with Crippen LogP contribution in [0, 0.1) is 0 Å². The van der Waals surface area contributed by atoms with E-state index in [-0.39, 0.29) is 5.91 Å². The molecule has 0 radical (unpaired) electrons. The summed E-state index contributed by atoms with van der Waals surface area (Å²) in [6.07, 6.45) is 1.84. The third kappa shape index (κ3) is 4.03. The van der Waals surface area contributed by atoms with Crippen molar-refractivity contribution in [1.29, 1.82) is 0 Å². The molecular weight excluding hydrogens is 338 g/mol. The van der Waals surface area contributed by atoms with Crippen LogP contribution in [0.1, 0.15) is 26.3 Å². The summed E-state index contributed by atoms with van der Waals surface area (Å²) in [4.78, 5) is 15.2. The summed E-state index contributed by atoms with van der Waals surface area (Å²) >= 11 is 0. The van der Waals surface area contributed by atoms with E-state index >= 15 is 0 Å². The molecule has 2 aromatic carbocycles. The highest BCUT2D eigenvalue weighted by Crippen LogP contribution is 2.26. The van der Waals surface area contributed by atoms with Gasteiger partial charge in [0.15, 0.2) is 0 Å². The third-order valence-electron chi connectivity index (χ3n) is 4.46. The molecule has 3 rings (SSSR count). The fourth-order valence-electron chi connectivity index (χ4n) is 3.04. The van der Waals surface area contributed by atoms with E-state index in [4.69, 9.17) is 4.74 Å². The summed E-state index contributed by atoms with van der Waals surface area (Å²) in [5, 5.41) is 5.77. The van der Waals surface area contributed by atoms with Gasteiger partial charge in [0.05, 0.1) is 12.3 Å². The van der Waals surface area contributed by atoms with Gasteiger partial charge < -0.3 is 9.64 Å². The van der Waals surface area contributed by atoms with E-state index in [0.29, 0.717) is 18.1 Å². The first kappa shape index (κ1) is 18.7. The molecule has 0 unspecified atom stereocenters. The van der Waals surface area contributed by atoms with Crippen molar-refractivity contribution < 1.29 is 9.53 Å². The van der Waals surface area contributed by atoms with Crippen LogP contribution in [0.3, 0.4) is 0 Å². The van der Waals surface area contributed by atoms with Gasteiger partial charge in [0, 0.05) is 18.8 Å². The number of benzene rings is 2. The molecule has 140 valence electrons. The van der Waals surface area contributed by atoms with Crippen LogP contribution in [0.4, 0.5) is 11.4 Å². The molecule has 0 fully saturated rings. The zero-order valence-electron chi connectivity index (χ0n) is 16.1.